The molecule has 0 saturated carbocycles. The lowest BCUT2D eigenvalue weighted by molar-refractivity contribution is -0.0470. The summed E-state index contributed by atoms with van der Waals surface area (Å²) in [4.78, 5) is 3.76. The maximum Gasteiger partial charge on any atom is 0.117 e. The smallest absolute Gasteiger partial charge is 0.117 e. The van der Waals surface area contributed by atoms with E-state index in [9.17, 15) is 0 Å². The minimum absolute atomic E-state index is 0.321. The maximum absolute atomic E-state index is 9.09. The molecule has 10 heavy (non-hydrogen) atoms. The highest BCUT2D eigenvalue weighted by Crippen LogP contribution is 2.11. The highest BCUT2D eigenvalue weighted by atomic mass is 16.4. The molecule has 0 spiro atoms. The van der Waals surface area contributed by atoms with Gasteiger partial charge in [-0.1, -0.05) is 0 Å². The third-order valence-corrected chi connectivity index (χ3v) is 1.67. The van der Waals surface area contributed by atoms with Crippen LogP contribution < -0.4 is 0 Å². The van der Waals surface area contributed by atoms with Crippen molar-refractivity contribution >= 4 is 6.21 Å². The summed E-state index contributed by atoms with van der Waals surface area (Å²) >= 11 is 0. The molecule has 0 radical (unpaired) electrons. The molecule has 4 atom stereocenters. The van der Waals surface area contributed by atoms with Gasteiger partial charge in [0.1, 0.15) is 18.3 Å². The van der Waals surface area contributed by atoms with Gasteiger partial charge in [0.2, 0.25) is 0 Å². The molecule has 1 rings (SSSR count). The number of aliphatic imine (C=N–C) groups is 1. The van der Waals surface area contributed by atoms with Gasteiger partial charge in [-0.15, -0.1) is 0 Å². The summed E-state index contributed by atoms with van der Waals surface area (Å²) in [5.74, 6) is 0. The van der Waals surface area contributed by atoms with Crippen molar-refractivity contribution in [3.05, 3.63) is 0 Å². The normalized spacial score (nSPS) is 47.6. The van der Waals surface area contributed by atoms with E-state index in [-0.39, 0.29) is 6.04 Å². The van der Waals surface area contributed by atoms with Gasteiger partial charge in [-0.2, -0.15) is 0 Å². The summed E-state index contributed by atoms with van der Waals surface area (Å²) in [7, 11) is 0. The van der Waals surface area contributed by atoms with Crippen LogP contribution in [0.2, 0.25) is 0 Å². The van der Waals surface area contributed by atoms with Gasteiger partial charge >= 0.3 is 0 Å². The zero-order valence-electron chi connectivity index (χ0n) is 5.68. The van der Waals surface area contributed by atoms with Crippen molar-refractivity contribution in [2.75, 3.05) is 0 Å². The molecule has 0 unspecified atom stereocenters. The van der Waals surface area contributed by atoms with E-state index in [4.69, 9.17) is 15.3 Å². The molecule has 58 valence electrons. The summed E-state index contributed by atoms with van der Waals surface area (Å²) < 4.78 is 0. The van der Waals surface area contributed by atoms with E-state index in [0.717, 1.165) is 0 Å². The Morgan fingerprint density at radius 3 is 2.30 bits per heavy atom. The van der Waals surface area contributed by atoms with Crippen LogP contribution in [0.5, 0.6) is 0 Å². The van der Waals surface area contributed by atoms with Crippen LogP contribution >= 0.6 is 0 Å². The predicted octanol–water partition coefficient (Wildman–Crippen LogP) is -1.46. The summed E-state index contributed by atoms with van der Waals surface area (Å²) in [6.07, 6.45) is -1.80. The van der Waals surface area contributed by atoms with Crippen LogP contribution in [0.1, 0.15) is 6.92 Å². The lowest BCUT2D eigenvalue weighted by atomic mass is 10.0. The number of hydrogen-bond donors (Lipinski definition) is 3. The predicted molar refractivity (Wildman–Crippen MR) is 36.0 cm³/mol. The topological polar surface area (TPSA) is 73.1 Å². The second kappa shape index (κ2) is 2.65. The lowest BCUT2D eigenvalue weighted by Crippen LogP contribution is -2.47. The summed E-state index contributed by atoms with van der Waals surface area (Å²) in [6, 6.07) is -0.321. The first kappa shape index (κ1) is 7.65. The van der Waals surface area contributed by atoms with Crippen molar-refractivity contribution in [1.29, 1.82) is 0 Å². The average Bonchev–Trinajstić information content (AvgIpc) is 1.93. The molecule has 0 amide bonds. The van der Waals surface area contributed by atoms with Crippen molar-refractivity contribution < 1.29 is 15.3 Å². The van der Waals surface area contributed by atoms with Crippen molar-refractivity contribution in [2.45, 2.75) is 31.3 Å². The second-order valence-corrected chi connectivity index (χ2v) is 2.51. The van der Waals surface area contributed by atoms with Crippen LogP contribution in [0.25, 0.3) is 0 Å². The van der Waals surface area contributed by atoms with E-state index >= 15 is 0 Å². The number of hydrogen-bond acceptors (Lipinski definition) is 4. The largest absolute Gasteiger partial charge is 0.388 e. The fourth-order valence-corrected chi connectivity index (χ4v) is 0.888. The Balaban J connectivity index is 2.69. The quantitative estimate of drug-likeness (QED) is 0.390. The average molecular weight is 145 g/mol. The Morgan fingerprint density at radius 1 is 1.20 bits per heavy atom. The Labute approximate surface area is 58.8 Å². The molecule has 0 aliphatic carbocycles. The number of aliphatic hydroxyl groups excluding tert-OH is 3. The minimum Gasteiger partial charge on any atom is -0.388 e. The highest BCUT2D eigenvalue weighted by molar-refractivity contribution is 5.65. The third kappa shape index (κ3) is 1.18. The van der Waals surface area contributed by atoms with Crippen LogP contribution in [0, 0.1) is 0 Å². The molecule has 0 bridgehead atoms. The second-order valence-electron chi connectivity index (χ2n) is 2.51. The first-order valence-electron chi connectivity index (χ1n) is 3.20. The van der Waals surface area contributed by atoms with E-state index < -0.39 is 18.3 Å². The van der Waals surface area contributed by atoms with Crippen LogP contribution in [-0.2, 0) is 0 Å². The molecule has 0 aromatic heterocycles. The van der Waals surface area contributed by atoms with Crippen LogP contribution in [-0.4, -0.2) is 45.9 Å². The van der Waals surface area contributed by atoms with Crippen LogP contribution in [0.4, 0.5) is 0 Å². The molecular weight excluding hydrogens is 134 g/mol. The van der Waals surface area contributed by atoms with E-state index in [1.807, 2.05) is 0 Å². The Bertz CT molecular complexity index is 132. The number of nitrogens with zero attached hydrogens (tertiary/aromatic N) is 1. The number of aliphatic hydroxyl groups is 3. The molecule has 4 nitrogen and oxygen atoms in total. The maximum atomic E-state index is 9.09. The first-order valence-corrected chi connectivity index (χ1v) is 3.20. The SMILES string of the molecule is C[C@H]1N=C[C@@H](O)[C@@H](O)[C@H]1O. The zero-order chi connectivity index (χ0) is 7.72. The highest BCUT2D eigenvalue weighted by Gasteiger charge is 2.31. The molecule has 3 N–H and O–H groups in total. The van der Waals surface area contributed by atoms with E-state index in [0.29, 0.717) is 0 Å². The summed E-state index contributed by atoms with van der Waals surface area (Å²) in [5, 5.41) is 27.0. The molecule has 0 saturated heterocycles. The standard InChI is InChI=1S/C6H11NO3/c1-3-5(9)6(10)4(8)2-7-3/h2-6,8-10H,1H3/t3-,4-,5+,6-/m1/s1. The van der Waals surface area contributed by atoms with Gasteiger partial charge < -0.3 is 15.3 Å². The molecular formula is C6H11NO3. The third-order valence-electron chi connectivity index (χ3n) is 1.67. The van der Waals surface area contributed by atoms with Crippen molar-refractivity contribution in [1.82, 2.24) is 0 Å². The first-order chi connectivity index (χ1) is 4.63. The Hall–Kier alpha value is -0.450. The van der Waals surface area contributed by atoms with Crippen molar-refractivity contribution in [2.24, 2.45) is 4.99 Å². The van der Waals surface area contributed by atoms with Gasteiger partial charge in [-0.25, -0.2) is 0 Å². The van der Waals surface area contributed by atoms with E-state index in [1.165, 1.54) is 6.21 Å². The van der Waals surface area contributed by atoms with Crippen LogP contribution in [0.15, 0.2) is 4.99 Å². The van der Waals surface area contributed by atoms with Crippen molar-refractivity contribution in [3.63, 3.8) is 0 Å². The molecule has 4 heteroatoms. The molecule has 1 aliphatic heterocycles. The van der Waals surface area contributed by atoms with E-state index in [2.05, 4.69) is 4.99 Å². The molecule has 0 fully saturated rings. The Kier molecular flexibility index (Phi) is 2.03. The van der Waals surface area contributed by atoms with Crippen LogP contribution in [0.3, 0.4) is 0 Å². The van der Waals surface area contributed by atoms with Gasteiger partial charge in [0.05, 0.1) is 6.04 Å². The van der Waals surface area contributed by atoms with Gasteiger partial charge in [0, 0.05) is 6.21 Å². The van der Waals surface area contributed by atoms with Gasteiger partial charge in [-0.05, 0) is 6.92 Å². The minimum atomic E-state index is -1.09. The number of rotatable bonds is 0. The molecule has 0 aromatic rings. The van der Waals surface area contributed by atoms with E-state index in [1.54, 1.807) is 6.92 Å². The monoisotopic (exact) mass is 145 g/mol. The Morgan fingerprint density at radius 2 is 1.80 bits per heavy atom. The fourth-order valence-electron chi connectivity index (χ4n) is 0.888. The fraction of sp³-hybridized carbons (Fsp3) is 0.833. The lowest BCUT2D eigenvalue weighted by Gasteiger charge is -2.27. The van der Waals surface area contributed by atoms with Gasteiger partial charge in [0.25, 0.3) is 0 Å². The van der Waals surface area contributed by atoms with Gasteiger partial charge in [0.15, 0.2) is 0 Å². The zero-order valence-corrected chi connectivity index (χ0v) is 5.68. The molecule has 1 aliphatic rings. The summed E-state index contributed by atoms with van der Waals surface area (Å²) in [5.41, 5.74) is 0. The van der Waals surface area contributed by atoms with Crippen molar-refractivity contribution in [3.8, 4) is 0 Å². The molecule has 0 aromatic carbocycles. The molecule has 1 heterocycles. The summed E-state index contributed by atoms with van der Waals surface area (Å²) in [6.45, 7) is 1.68. The van der Waals surface area contributed by atoms with Gasteiger partial charge in [-0.3, -0.25) is 4.99 Å².